The molecule has 3 N–H and O–H groups in total. The van der Waals surface area contributed by atoms with Crippen LogP contribution in [0.1, 0.15) is 12.0 Å². The predicted octanol–water partition coefficient (Wildman–Crippen LogP) is 0.322. The quantitative estimate of drug-likeness (QED) is 0.711. The summed E-state index contributed by atoms with van der Waals surface area (Å²) in [6, 6.07) is 5.73. The number of aliphatic carboxylic acids is 1. The third kappa shape index (κ3) is 2.36. The molecule has 0 atom stereocenters. The fraction of sp³-hybridized carbons (Fsp3) is 0.462. The minimum atomic E-state index is -0.785. The van der Waals surface area contributed by atoms with Gasteiger partial charge >= 0.3 is 5.97 Å². The van der Waals surface area contributed by atoms with Crippen molar-refractivity contribution in [1.82, 2.24) is 10.6 Å². The minimum Gasteiger partial charge on any atom is -0.481 e. The maximum absolute atomic E-state index is 10.9. The highest BCUT2D eigenvalue weighted by atomic mass is 16.7. The summed E-state index contributed by atoms with van der Waals surface area (Å²) in [5.74, 6) is 0.720. The van der Waals surface area contributed by atoms with Gasteiger partial charge in [0, 0.05) is 25.2 Å². The van der Waals surface area contributed by atoms with Crippen LogP contribution in [0.15, 0.2) is 18.2 Å². The van der Waals surface area contributed by atoms with Gasteiger partial charge in [0.15, 0.2) is 11.5 Å². The van der Waals surface area contributed by atoms with Crippen molar-refractivity contribution in [1.29, 1.82) is 0 Å². The highest BCUT2D eigenvalue weighted by Crippen LogP contribution is 2.35. The molecule has 6 heteroatoms. The molecule has 0 aromatic heterocycles. The number of carboxylic acid groups (broad SMARTS) is 1. The van der Waals surface area contributed by atoms with Gasteiger partial charge in [-0.1, -0.05) is 12.1 Å². The molecule has 102 valence electrons. The van der Waals surface area contributed by atoms with E-state index in [-0.39, 0.29) is 18.8 Å². The van der Waals surface area contributed by atoms with Gasteiger partial charge in [-0.25, -0.2) is 0 Å². The number of hydrogen-bond donors (Lipinski definition) is 3. The Morgan fingerprint density at radius 2 is 2.26 bits per heavy atom. The largest absolute Gasteiger partial charge is 0.481 e. The van der Waals surface area contributed by atoms with Gasteiger partial charge in [-0.05, 0) is 6.07 Å². The van der Waals surface area contributed by atoms with Crippen molar-refractivity contribution in [3.8, 4) is 11.5 Å². The van der Waals surface area contributed by atoms with E-state index >= 15 is 0 Å². The van der Waals surface area contributed by atoms with E-state index < -0.39 is 5.97 Å². The van der Waals surface area contributed by atoms with Crippen LogP contribution in [0, 0.1) is 0 Å². The topological polar surface area (TPSA) is 79.8 Å². The van der Waals surface area contributed by atoms with Gasteiger partial charge in [-0.2, -0.15) is 0 Å². The summed E-state index contributed by atoms with van der Waals surface area (Å²) in [7, 11) is 0. The first kappa shape index (κ1) is 12.3. The van der Waals surface area contributed by atoms with E-state index in [1.165, 1.54) is 0 Å². The van der Waals surface area contributed by atoms with Crippen LogP contribution in [0.25, 0.3) is 0 Å². The highest BCUT2D eigenvalue weighted by molar-refractivity contribution is 5.68. The Kier molecular flexibility index (Phi) is 3.04. The van der Waals surface area contributed by atoms with Crippen LogP contribution in [0.5, 0.6) is 11.5 Å². The van der Waals surface area contributed by atoms with Crippen molar-refractivity contribution in [3.63, 3.8) is 0 Å². The maximum atomic E-state index is 10.9. The van der Waals surface area contributed by atoms with E-state index in [1.54, 1.807) is 0 Å². The van der Waals surface area contributed by atoms with E-state index in [9.17, 15) is 4.79 Å². The zero-order chi connectivity index (χ0) is 13.3. The van der Waals surface area contributed by atoms with Gasteiger partial charge in [0.2, 0.25) is 6.79 Å². The number of carboxylic acids is 1. The molecule has 0 bridgehead atoms. The Bertz CT molecular complexity index is 499. The predicted molar refractivity (Wildman–Crippen MR) is 67.3 cm³/mol. The van der Waals surface area contributed by atoms with E-state index in [0.29, 0.717) is 19.6 Å². The molecular weight excluding hydrogens is 248 g/mol. The number of para-hydroxylation sites is 1. The molecule has 1 aromatic carbocycles. The van der Waals surface area contributed by atoms with Crippen molar-refractivity contribution in [2.75, 3.05) is 19.9 Å². The van der Waals surface area contributed by atoms with Crippen molar-refractivity contribution >= 4 is 5.97 Å². The van der Waals surface area contributed by atoms with E-state index in [4.69, 9.17) is 14.6 Å². The second kappa shape index (κ2) is 4.71. The van der Waals surface area contributed by atoms with Gasteiger partial charge in [0.05, 0.1) is 12.0 Å². The fourth-order valence-corrected chi connectivity index (χ4v) is 2.44. The molecule has 1 saturated heterocycles. The summed E-state index contributed by atoms with van der Waals surface area (Å²) in [4.78, 5) is 10.9. The molecule has 0 amide bonds. The molecule has 0 saturated carbocycles. The van der Waals surface area contributed by atoms with Crippen LogP contribution in [-0.4, -0.2) is 36.5 Å². The molecule has 0 radical (unpaired) electrons. The Morgan fingerprint density at radius 1 is 1.42 bits per heavy atom. The second-order valence-electron chi connectivity index (χ2n) is 4.96. The van der Waals surface area contributed by atoms with Crippen LogP contribution >= 0.6 is 0 Å². The lowest BCUT2D eigenvalue weighted by atomic mass is 9.88. The third-order valence-corrected chi connectivity index (χ3v) is 3.55. The molecule has 3 rings (SSSR count). The number of ether oxygens (including phenoxy) is 2. The molecule has 0 unspecified atom stereocenters. The number of nitrogens with one attached hydrogen (secondary N) is 2. The lowest BCUT2D eigenvalue weighted by Crippen LogP contribution is -2.68. The first-order valence-electron chi connectivity index (χ1n) is 6.24. The number of fused-ring (bicyclic) bond motifs is 1. The Labute approximate surface area is 110 Å². The SMILES string of the molecule is O=C(O)CC1(NCc2cccc3c2OCO3)CNC1. The Morgan fingerprint density at radius 3 is 2.95 bits per heavy atom. The van der Waals surface area contributed by atoms with Gasteiger partial charge in [0.25, 0.3) is 0 Å². The summed E-state index contributed by atoms with van der Waals surface area (Å²) in [6.07, 6.45) is 0.117. The van der Waals surface area contributed by atoms with Crippen molar-refractivity contribution in [3.05, 3.63) is 23.8 Å². The van der Waals surface area contributed by atoms with Gasteiger partial charge in [-0.3, -0.25) is 4.79 Å². The van der Waals surface area contributed by atoms with E-state index in [1.807, 2.05) is 18.2 Å². The van der Waals surface area contributed by atoms with Crippen LogP contribution in [0.2, 0.25) is 0 Å². The van der Waals surface area contributed by atoms with Crippen LogP contribution < -0.4 is 20.1 Å². The maximum Gasteiger partial charge on any atom is 0.305 e. The van der Waals surface area contributed by atoms with Gasteiger partial charge in [-0.15, -0.1) is 0 Å². The van der Waals surface area contributed by atoms with Crippen LogP contribution in [0.3, 0.4) is 0 Å². The van der Waals surface area contributed by atoms with Gasteiger partial charge in [0.1, 0.15) is 0 Å². The van der Waals surface area contributed by atoms with Crippen molar-refractivity contribution in [2.45, 2.75) is 18.5 Å². The average molecular weight is 264 g/mol. The highest BCUT2D eigenvalue weighted by Gasteiger charge is 2.38. The van der Waals surface area contributed by atoms with E-state index in [2.05, 4.69) is 10.6 Å². The third-order valence-electron chi connectivity index (χ3n) is 3.55. The monoisotopic (exact) mass is 264 g/mol. The molecule has 6 nitrogen and oxygen atoms in total. The number of carbonyl (C=O) groups is 1. The molecular formula is C13H16N2O4. The first-order chi connectivity index (χ1) is 9.19. The smallest absolute Gasteiger partial charge is 0.305 e. The molecule has 19 heavy (non-hydrogen) atoms. The molecule has 0 spiro atoms. The lowest BCUT2D eigenvalue weighted by Gasteiger charge is -2.42. The molecule has 2 aliphatic rings. The van der Waals surface area contributed by atoms with Crippen LogP contribution in [-0.2, 0) is 11.3 Å². The summed E-state index contributed by atoms with van der Waals surface area (Å²) in [5.41, 5.74) is 0.639. The number of rotatable bonds is 5. The van der Waals surface area contributed by atoms with Crippen molar-refractivity contribution < 1.29 is 19.4 Å². The average Bonchev–Trinajstić information content (AvgIpc) is 2.80. The standard InChI is InChI=1S/C13H16N2O4/c16-11(17)4-13(6-14-7-13)15-5-9-2-1-3-10-12(9)19-8-18-10/h1-3,14-15H,4-8H2,(H,16,17). The summed E-state index contributed by atoms with van der Waals surface area (Å²) >= 11 is 0. The van der Waals surface area contributed by atoms with Crippen molar-refractivity contribution in [2.24, 2.45) is 0 Å². The number of hydrogen-bond acceptors (Lipinski definition) is 5. The summed E-state index contributed by atoms with van der Waals surface area (Å²) in [5, 5.41) is 15.4. The molecule has 2 heterocycles. The Balaban J connectivity index is 1.69. The molecule has 1 fully saturated rings. The zero-order valence-electron chi connectivity index (χ0n) is 10.4. The second-order valence-corrected chi connectivity index (χ2v) is 4.96. The Hall–Kier alpha value is -1.79. The molecule has 2 aliphatic heterocycles. The first-order valence-corrected chi connectivity index (χ1v) is 6.24. The summed E-state index contributed by atoms with van der Waals surface area (Å²) in [6.45, 7) is 2.16. The van der Waals surface area contributed by atoms with Crippen LogP contribution in [0.4, 0.5) is 0 Å². The summed E-state index contributed by atoms with van der Waals surface area (Å²) < 4.78 is 10.8. The molecule has 1 aromatic rings. The fourth-order valence-electron chi connectivity index (χ4n) is 2.44. The number of benzene rings is 1. The molecule has 0 aliphatic carbocycles. The lowest BCUT2D eigenvalue weighted by molar-refractivity contribution is -0.139. The normalized spacial score (nSPS) is 18.9. The van der Waals surface area contributed by atoms with E-state index in [0.717, 1.165) is 17.1 Å². The minimum absolute atomic E-state index is 0.117. The van der Waals surface area contributed by atoms with Gasteiger partial charge < -0.3 is 25.2 Å². The zero-order valence-corrected chi connectivity index (χ0v) is 10.4.